The highest BCUT2D eigenvalue weighted by molar-refractivity contribution is 8.13. The summed E-state index contributed by atoms with van der Waals surface area (Å²) >= 11 is 1.42. The second kappa shape index (κ2) is 9.23. The zero-order valence-electron chi connectivity index (χ0n) is 15.0. The van der Waals surface area contributed by atoms with Crippen LogP contribution in [0, 0.1) is 5.92 Å². The van der Waals surface area contributed by atoms with Gasteiger partial charge in [0.1, 0.15) is 0 Å². The molecule has 6 nitrogen and oxygen atoms in total. The van der Waals surface area contributed by atoms with Crippen molar-refractivity contribution in [2.45, 2.75) is 18.6 Å². The number of amidine groups is 1. The lowest BCUT2D eigenvalue weighted by molar-refractivity contribution is -0.135. The van der Waals surface area contributed by atoms with E-state index in [0.29, 0.717) is 16.7 Å². The van der Waals surface area contributed by atoms with E-state index < -0.39 is 0 Å². The van der Waals surface area contributed by atoms with Gasteiger partial charge in [-0.3, -0.25) is 4.79 Å². The Morgan fingerprint density at radius 3 is 2.70 bits per heavy atom. The maximum absolute atomic E-state index is 11.8. The minimum atomic E-state index is -0.206. The van der Waals surface area contributed by atoms with E-state index in [2.05, 4.69) is 10.2 Å². The average Bonchev–Trinajstić information content (AvgIpc) is 3.53. The number of nitrogens with two attached hydrogens (primary N) is 1. The molecule has 2 N–H and O–H groups in total. The Hall–Kier alpha value is -2.80. The maximum Gasteiger partial charge on any atom is 0.314 e. The molecule has 0 atom stereocenters. The zero-order chi connectivity index (χ0) is 19.1. The molecule has 0 spiro atoms. The van der Waals surface area contributed by atoms with Gasteiger partial charge in [0.05, 0.1) is 19.2 Å². The van der Waals surface area contributed by atoms with Crippen LogP contribution in [-0.2, 0) is 10.5 Å². The highest BCUT2D eigenvalue weighted by atomic mass is 32.2. The molecule has 27 heavy (non-hydrogen) atoms. The molecule has 140 valence electrons. The molecule has 0 amide bonds. The van der Waals surface area contributed by atoms with Crippen LogP contribution in [0.5, 0.6) is 11.5 Å². The fourth-order valence-corrected chi connectivity index (χ4v) is 2.88. The van der Waals surface area contributed by atoms with Gasteiger partial charge in [-0.2, -0.15) is 5.10 Å². The topological polar surface area (TPSA) is 86.3 Å². The summed E-state index contributed by atoms with van der Waals surface area (Å²) in [7, 11) is 1.53. The number of ether oxygens (including phenoxy) is 2. The van der Waals surface area contributed by atoms with Crippen molar-refractivity contribution in [1.29, 1.82) is 0 Å². The van der Waals surface area contributed by atoms with E-state index in [0.717, 1.165) is 24.2 Å². The summed E-state index contributed by atoms with van der Waals surface area (Å²) < 4.78 is 10.7. The highest BCUT2D eigenvalue weighted by Crippen LogP contribution is 2.34. The van der Waals surface area contributed by atoms with Crippen molar-refractivity contribution in [2.75, 3.05) is 7.11 Å². The fourth-order valence-electron chi connectivity index (χ4n) is 2.27. The van der Waals surface area contributed by atoms with Crippen LogP contribution in [0.2, 0.25) is 0 Å². The van der Waals surface area contributed by atoms with Crippen LogP contribution in [0.4, 0.5) is 0 Å². The number of thioether (sulfide) groups is 1. The Labute approximate surface area is 162 Å². The third-order valence-electron chi connectivity index (χ3n) is 3.90. The zero-order valence-corrected chi connectivity index (χ0v) is 15.8. The van der Waals surface area contributed by atoms with Crippen molar-refractivity contribution in [3.63, 3.8) is 0 Å². The van der Waals surface area contributed by atoms with E-state index in [9.17, 15) is 4.79 Å². The van der Waals surface area contributed by atoms with E-state index in [1.165, 1.54) is 24.4 Å². The normalized spacial score (nSPS) is 14.3. The van der Waals surface area contributed by atoms with Crippen molar-refractivity contribution < 1.29 is 14.3 Å². The molecule has 1 aliphatic carbocycles. The molecule has 0 heterocycles. The monoisotopic (exact) mass is 383 g/mol. The Bertz CT molecular complexity index is 849. The Morgan fingerprint density at radius 1 is 1.22 bits per heavy atom. The maximum atomic E-state index is 11.8. The summed E-state index contributed by atoms with van der Waals surface area (Å²) in [6.07, 6.45) is 3.37. The number of esters is 1. The SMILES string of the molecule is COc1cc(C=NN=C(N)SCc2ccccc2)ccc1OC(=O)C1CC1. The van der Waals surface area contributed by atoms with Crippen molar-refractivity contribution in [3.8, 4) is 11.5 Å². The van der Waals surface area contributed by atoms with Crippen LogP contribution in [0.1, 0.15) is 24.0 Å². The van der Waals surface area contributed by atoms with Crippen molar-refractivity contribution in [1.82, 2.24) is 0 Å². The lowest BCUT2D eigenvalue weighted by Crippen LogP contribution is -2.10. The van der Waals surface area contributed by atoms with E-state index in [4.69, 9.17) is 15.2 Å². The molecule has 7 heteroatoms. The molecule has 1 fully saturated rings. The predicted molar refractivity (Wildman–Crippen MR) is 108 cm³/mol. The van der Waals surface area contributed by atoms with Gasteiger partial charge in [0.15, 0.2) is 16.7 Å². The molecule has 1 saturated carbocycles. The van der Waals surface area contributed by atoms with Gasteiger partial charge in [0.25, 0.3) is 0 Å². The summed E-state index contributed by atoms with van der Waals surface area (Å²) in [5.74, 6) is 1.45. The molecule has 0 aliphatic heterocycles. The van der Waals surface area contributed by atoms with E-state index in [1.54, 1.807) is 24.4 Å². The first-order valence-electron chi connectivity index (χ1n) is 8.58. The molecule has 0 radical (unpaired) electrons. The number of rotatable bonds is 7. The Morgan fingerprint density at radius 2 is 2.00 bits per heavy atom. The summed E-state index contributed by atoms with van der Waals surface area (Å²) in [4.78, 5) is 11.8. The summed E-state index contributed by atoms with van der Waals surface area (Å²) in [6, 6.07) is 15.2. The Balaban J connectivity index is 1.57. The highest BCUT2D eigenvalue weighted by Gasteiger charge is 2.32. The Kier molecular flexibility index (Phi) is 6.49. The molecule has 3 rings (SSSR count). The lowest BCUT2D eigenvalue weighted by Gasteiger charge is -2.09. The molecule has 0 aromatic heterocycles. The fraction of sp³-hybridized carbons (Fsp3) is 0.250. The van der Waals surface area contributed by atoms with E-state index in [-0.39, 0.29) is 11.9 Å². The van der Waals surface area contributed by atoms with Crippen molar-refractivity contribution >= 4 is 29.1 Å². The van der Waals surface area contributed by atoms with Crippen LogP contribution in [0.3, 0.4) is 0 Å². The first-order valence-corrected chi connectivity index (χ1v) is 9.57. The standard InChI is InChI=1S/C20H21N3O3S/c1-25-18-11-15(7-10-17(18)26-19(24)16-8-9-16)12-22-23-20(21)27-13-14-5-3-2-4-6-14/h2-7,10-12,16H,8-9,13H2,1H3,(H2,21,23). The molecular formula is C20H21N3O3S. The molecule has 1 aliphatic rings. The van der Waals surface area contributed by atoms with Crippen molar-refractivity contribution in [2.24, 2.45) is 21.9 Å². The number of hydrogen-bond acceptors (Lipinski definition) is 6. The van der Waals surface area contributed by atoms with Crippen LogP contribution in [0.25, 0.3) is 0 Å². The third kappa shape index (κ3) is 5.86. The number of carbonyl (C=O) groups excluding carboxylic acids is 1. The van der Waals surface area contributed by atoms with Gasteiger partial charge in [-0.1, -0.05) is 42.1 Å². The number of hydrogen-bond donors (Lipinski definition) is 1. The van der Waals surface area contributed by atoms with Crippen LogP contribution in [0.15, 0.2) is 58.7 Å². The summed E-state index contributed by atoms with van der Waals surface area (Å²) in [5.41, 5.74) is 7.81. The molecule has 2 aromatic carbocycles. The first-order chi connectivity index (χ1) is 13.2. The third-order valence-corrected chi connectivity index (χ3v) is 4.76. The van der Waals surface area contributed by atoms with Gasteiger partial charge < -0.3 is 15.2 Å². The van der Waals surface area contributed by atoms with E-state index in [1.807, 2.05) is 30.3 Å². The second-order valence-electron chi connectivity index (χ2n) is 6.06. The van der Waals surface area contributed by atoms with Crippen LogP contribution < -0.4 is 15.2 Å². The van der Waals surface area contributed by atoms with Crippen LogP contribution in [-0.4, -0.2) is 24.5 Å². The quantitative estimate of drug-likeness (QED) is 0.260. The molecule has 0 unspecified atom stereocenters. The largest absolute Gasteiger partial charge is 0.493 e. The summed E-state index contributed by atoms with van der Waals surface area (Å²) in [6.45, 7) is 0. The van der Waals surface area contributed by atoms with Gasteiger partial charge in [-0.25, -0.2) is 0 Å². The minimum absolute atomic E-state index is 0.0293. The second-order valence-corrected chi connectivity index (χ2v) is 7.06. The minimum Gasteiger partial charge on any atom is -0.493 e. The number of carbonyl (C=O) groups is 1. The predicted octanol–water partition coefficient (Wildman–Crippen LogP) is 3.59. The van der Waals surface area contributed by atoms with Gasteiger partial charge in [-0.15, -0.1) is 5.10 Å². The van der Waals surface area contributed by atoms with Gasteiger partial charge >= 0.3 is 5.97 Å². The van der Waals surface area contributed by atoms with Crippen LogP contribution >= 0.6 is 11.8 Å². The van der Waals surface area contributed by atoms with E-state index >= 15 is 0 Å². The van der Waals surface area contributed by atoms with Gasteiger partial charge in [-0.05, 0) is 42.2 Å². The number of nitrogens with zero attached hydrogens (tertiary/aromatic N) is 2. The molecule has 2 aromatic rings. The van der Waals surface area contributed by atoms with Gasteiger partial charge in [0.2, 0.25) is 0 Å². The van der Waals surface area contributed by atoms with Gasteiger partial charge in [0, 0.05) is 5.75 Å². The number of benzene rings is 2. The molecule has 0 bridgehead atoms. The van der Waals surface area contributed by atoms with Crippen molar-refractivity contribution in [3.05, 3.63) is 59.7 Å². The average molecular weight is 383 g/mol. The molecule has 0 saturated heterocycles. The first kappa shape index (κ1) is 19.0. The lowest BCUT2D eigenvalue weighted by atomic mass is 10.2. The smallest absolute Gasteiger partial charge is 0.314 e. The number of methoxy groups -OCH3 is 1. The summed E-state index contributed by atoms with van der Waals surface area (Å²) in [5, 5.41) is 8.39. The molecular weight excluding hydrogens is 362 g/mol.